The number of nitrogens with zero attached hydrogens (tertiary/aromatic N) is 1. The van der Waals surface area contributed by atoms with Crippen LogP contribution in [0.25, 0.3) is 0 Å². The van der Waals surface area contributed by atoms with Crippen molar-refractivity contribution >= 4 is 24.2 Å². The number of amides is 2. The fourth-order valence-electron chi connectivity index (χ4n) is 2.67. The van der Waals surface area contributed by atoms with Gasteiger partial charge in [-0.15, -0.1) is 12.4 Å². The van der Waals surface area contributed by atoms with Gasteiger partial charge in [0.15, 0.2) is 0 Å². The van der Waals surface area contributed by atoms with Gasteiger partial charge in [0.2, 0.25) is 11.8 Å². The number of para-hydroxylation sites is 1. The van der Waals surface area contributed by atoms with E-state index in [0.717, 1.165) is 18.8 Å². The van der Waals surface area contributed by atoms with Crippen LogP contribution >= 0.6 is 12.4 Å². The van der Waals surface area contributed by atoms with Gasteiger partial charge >= 0.3 is 0 Å². The van der Waals surface area contributed by atoms with Crippen LogP contribution in [-0.2, 0) is 9.59 Å². The molecule has 2 heterocycles. The number of rotatable bonds is 6. The van der Waals surface area contributed by atoms with Crippen molar-refractivity contribution in [3.05, 3.63) is 30.3 Å². The number of likely N-dealkylation sites (tertiary alicyclic amines) is 1. The molecule has 6 nitrogen and oxygen atoms in total. The van der Waals surface area contributed by atoms with E-state index < -0.39 is 0 Å². The number of hydrogen-bond donors (Lipinski definition) is 2. The third-order valence-corrected chi connectivity index (χ3v) is 4.09. The Morgan fingerprint density at radius 1 is 1.30 bits per heavy atom. The normalized spacial score (nSPS) is 20.6. The van der Waals surface area contributed by atoms with Crippen LogP contribution in [0.1, 0.15) is 6.42 Å². The molecule has 1 unspecified atom stereocenters. The van der Waals surface area contributed by atoms with Gasteiger partial charge in [-0.1, -0.05) is 18.2 Å². The van der Waals surface area contributed by atoms with Crippen LogP contribution in [0.2, 0.25) is 0 Å². The average Bonchev–Trinajstić information content (AvgIpc) is 2.78. The van der Waals surface area contributed by atoms with Gasteiger partial charge in [-0.3, -0.25) is 9.59 Å². The van der Waals surface area contributed by atoms with E-state index >= 15 is 0 Å². The molecule has 2 fully saturated rings. The molecular weight excluding hydrogens is 318 g/mol. The lowest BCUT2D eigenvalue weighted by Gasteiger charge is -2.27. The van der Waals surface area contributed by atoms with Gasteiger partial charge in [-0.25, -0.2) is 0 Å². The first-order valence-electron chi connectivity index (χ1n) is 7.69. The zero-order valence-corrected chi connectivity index (χ0v) is 13.7. The van der Waals surface area contributed by atoms with Crippen LogP contribution in [0.5, 0.6) is 5.75 Å². The maximum atomic E-state index is 12.0. The number of carbonyl (C=O) groups excluding carboxylic acids is 2. The average molecular weight is 340 g/mol. The highest BCUT2D eigenvalue weighted by Crippen LogP contribution is 2.13. The summed E-state index contributed by atoms with van der Waals surface area (Å²) in [5.74, 6) is 0.995. The molecule has 3 rings (SSSR count). The molecule has 23 heavy (non-hydrogen) atoms. The molecule has 2 saturated heterocycles. The maximum absolute atomic E-state index is 12.0. The Labute approximate surface area is 142 Å². The van der Waals surface area contributed by atoms with Gasteiger partial charge in [0.05, 0.1) is 18.5 Å². The first-order chi connectivity index (χ1) is 10.7. The summed E-state index contributed by atoms with van der Waals surface area (Å²) in [5.41, 5.74) is 0. The maximum Gasteiger partial charge on any atom is 0.225 e. The second-order valence-electron chi connectivity index (χ2n) is 5.77. The summed E-state index contributed by atoms with van der Waals surface area (Å²) < 4.78 is 5.61. The number of ether oxygens (including phenoxy) is 1. The number of nitrogens with one attached hydrogen (secondary N) is 2. The Kier molecular flexibility index (Phi) is 6.24. The van der Waals surface area contributed by atoms with Crippen LogP contribution in [0.15, 0.2) is 30.3 Å². The standard InChI is InChI=1S/C16H21N3O3.ClH/c20-15-8-13(18-16(21)12-9-17-10-12)11-19(15)6-7-22-14-4-2-1-3-5-14;/h1-5,12-13,17H,6-11H2,(H,18,21);1H. The molecule has 0 spiro atoms. The minimum Gasteiger partial charge on any atom is -0.492 e. The zero-order valence-electron chi connectivity index (χ0n) is 12.9. The Morgan fingerprint density at radius 3 is 2.70 bits per heavy atom. The number of hydrogen-bond acceptors (Lipinski definition) is 4. The van der Waals surface area contributed by atoms with Crippen molar-refractivity contribution in [2.24, 2.45) is 5.92 Å². The molecule has 2 N–H and O–H groups in total. The molecule has 2 aliphatic rings. The van der Waals surface area contributed by atoms with Gasteiger partial charge in [0, 0.05) is 26.1 Å². The van der Waals surface area contributed by atoms with Gasteiger partial charge in [-0.05, 0) is 12.1 Å². The smallest absolute Gasteiger partial charge is 0.225 e. The summed E-state index contributed by atoms with van der Waals surface area (Å²) in [4.78, 5) is 25.6. The minimum atomic E-state index is -0.0719. The highest BCUT2D eigenvalue weighted by Gasteiger charge is 2.33. The van der Waals surface area contributed by atoms with E-state index in [4.69, 9.17) is 4.74 Å². The summed E-state index contributed by atoms with van der Waals surface area (Å²) in [6.07, 6.45) is 0.386. The van der Waals surface area contributed by atoms with Crippen LogP contribution in [0, 0.1) is 5.92 Å². The monoisotopic (exact) mass is 339 g/mol. The van der Waals surface area contributed by atoms with Crippen LogP contribution in [0.4, 0.5) is 0 Å². The van der Waals surface area contributed by atoms with Crippen LogP contribution < -0.4 is 15.4 Å². The summed E-state index contributed by atoms with van der Waals surface area (Å²) in [6, 6.07) is 9.47. The first-order valence-corrected chi connectivity index (χ1v) is 7.69. The Hall–Kier alpha value is -1.79. The molecule has 1 atom stereocenters. The molecule has 0 saturated carbocycles. The van der Waals surface area contributed by atoms with E-state index in [1.54, 1.807) is 4.90 Å². The molecule has 126 valence electrons. The molecule has 1 aromatic rings. The SMILES string of the molecule is Cl.O=C(NC1CC(=O)N(CCOc2ccccc2)C1)C1CNC1. The van der Waals surface area contributed by atoms with E-state index in [0.29, 0.717) is 26.1 Å². The fourth-order valence-corrected chi connectivity index (χ4v) is 2.67. The lowest BCUT2D eigenvalue weighted by molar-refractivity contribution is -0.128. The summed E-state index contributed by atoms with van der Waals surface area (Å²) in [5, 5.41) is 6.04. The lowest BCUT2D eigenvalue weighted by atomic mass is 10.0. The Bertz CT molecular complexity index is 537. The van der Waals surface area contributed by atoms with Crippen molar-refractivity contribution in [1.82, 2.24) is 15.5 Å². The predicted octanol–water partition coefficient (Wildman–Crippen LogP) is 0.424. The third kappa shape index (κ3) is 4.59. The number of carbonyl (C=O) groups is 2. The van der Waals surface area contributed by atoms with Crippen molar-refractivity contribution in [2.75, 3.05) is 32.8 Å². The van der Waals surface area contributed by atoms with E-state index in [1.807, 2.05) is 30.3 Å². The van der Waals surface area contributed by atoms with Crippen molar-refractivity contribution in [2.45, 2.75) is 12.5 Å². The zero-order chi connectivity index (χ0) is 15.4. The summed E-state index contributed by atoms with van der Waals surface area (Å²) >= 11 is 0. The summed E-state index contributed by atoms with van der Waals surface area (Å²) in [7, 11) is 0. The third-order valence-electron chi connectivity index (χ3n) is 4.09. The lowest BCUT2D eigenvalue weighted by Crippen LogP contribution is -2.53. The second kappa shape index (κ2) is 8.17. The molecule has 0 radical (unpaired) electrons. The van der Waals surface area contributed by atoms with Gasteiger partial charge in [-0.2, -0.15) is 0 Å². The molecule has 7 heteroatoms. The fraction of sp³-hybridized carbons (Fsp3) is 0.500. The van der Waals surface area contributed by atoms with E-state index in [2.05, 4.69) is 10.6 Å². The predicted molar refractivity (Wildman–Crippen MR) is 88.7 cm³/mol. The Morgan fingerprint density at radius 2 is 2.04 bits per heavy atom. The van der Waals surface area contributed by atoms with E-state index in [-0.39, 0.29) is 36.2 Å². The van der Waals surface area contributed by atoms with Crippen molar-refractivity contribution in [1.29, 1.82) is 0 Å². The highest BCUT2D eigenvalue weighted by molar-refractivity contribution is 5.85. The highest BCUT2D eigenvalue weighted by atomic mass is 35.5. The number of benzene rings is 1. The molecule has 0 aliphatic carbocycles. The molecule has 2 amide bonds. The molecule has 1 aromatic carbocycles. The van der Waals surface area contributed by atoms with E-state index in [9.17, 15) is 9.59 Å². The van der Waals surface area contributed by atoms with Crippen molar-refractivity contribution < 1.29 is 14.3 Å². The largest absolute Gasteiger partial charge is 0.492 e. The molecule has 2 aliphatic heterocycles. The molecule has 0 bridgehead atoms. The van der Waals surface area contributed by atoms with Crippen molar-refractivity contribution in [3.63, 3.8) is 0 Å². The van der Waals surface area contributed by atoms with Gasteiger partial charge in [0.1, 0.15) is 12.4 Å². The Balaban J connectivity index is 0.00000192. The number of halogens is 1. The quantitative estimate of drug-likeness (QED) is 0.788. The van der Waals surface area contributed by atoms with Crippen LogP contribution in [-0.4, -0.2) is 55.5 Å². The molecular formula is C16H22ClN3O3. The van der Waals surface area contributed by atoms with E-state index in [1.165, 1.54) is 0 Å². The van der Waals surface area contributed by atoms with Gasteiger partial charge in [0.25, 0.3) is 0 Å². The van der Waals surface area contributed by atoms with Gasteiger partial charge < -0.3 is 20.3 Å². The first kappa shape index (κ1) is 17.6. The van der Waals surface area contributed by atoms with Crippen LogP contribution in [0.3, 0.4) is 0 Å². The topological polar surface area (TPSA) is 70.7 Å². The van der Waals surface area contributed by atoms with Crippen molar-refractivity contribution in [3.8, 4) is 5.75 Å². The minimum absolute atomic E-state index is 0. The second-order valence-corrected chi connectivity index (χ2v) is 5.77. The summed E-state index contributed by atoms with van der Waals surface area (Å²) in [6.45, 7) is 3.05. The molecule has 0 aromatic heterocycles.